The molecule has 1 heterocycles. The molecule has 40 heavy (non-hydrogen) atoms. The smallest absolute Gasteiger partial charge is 0.0469 e. The fourth-order valence-corrected chi connectivity index (χ4v) is 6.40. The lowest BCUT2D eigenvalue weighted by atomic mass is 9.83. The van der Waals surface area contributed by atoms with Gasteiger partial charge in [0.05, 0.1) is 0 Å². The Balaban J connectivity index is 1.48. The van der Waals surface area contributed by atoms with Crippen LogP contribution >= 0.6 is 23.8 Å². The van der Waals surface area contributed by atoms with Crippen LogP contribution in [0, 0.1) is 0 Å². The van der Waals surface area contributed by atoms with E-state index in [2.05, 4.69) is 118 Å². The first-order chi connectivity index (χ1) is 19.3. The van der Waals surface area contributed by atoms with Crippen LogP contribution in [0.3, 0.4) is 0 Å². The van der Waals surface area contributed by atoms with Crippen LogP contribution in [0.2, 0.25) is 0 Å². The molecule has 5 rings (SSSR count). The Hall–Kier alpha value is -3.46. The second kappa shape index (κ2) is 12.0. The van der Waals surface area contributed by atoms with E-state index in [9.17, 15) is 0 Å². The zero-order valence-corrected chi connectivity index (χ0v) is 25.3. The first-order valence-electron chi connectivity index (χ1n) is 14.0. The van der Waals surface area contributed by atoms with Crippen molar-refractivity contribution in [2.24, 2.45) is 0 Å². The molecule has 1 nitrogen and oxygen atoms in total. The van der Waals surface area contributed by atoms with E-state index in [1.807, 2.05) is 24.3 Å². The summed E-state index contributed by atoms with van der Waals surface area (Å²) in [4.78, 5) is 3.15. The van der Waals surface area contributed by atoms with E-state index in [4.69, 9.17) is 23.8 Å². The Bertz CT molecular complexity index is 1570. The second-order valence-corrected chi connectivity index (χ2v) is 11.9. The molecule has 0 atom stereocenters. The molecule has 0 fully saturated rings. The number of fused-ring (bicyclic) bond motifs is 1. The average molecular weight is 562 g/mol. The van der Waals surface area contributed by atoms with E-state index in [0.29, 0.717) is 0 Å². The van der Waals surface area contributed by atoms with Crippen molar-refractivity contribution in [1.82, 2.24) is 0 Å². The third kappa shape index (κ3) is 5.70. The van der Waals surface area contributed by atoms with Crippen LogP contribution in [-0.2, 0) is 5.41 Å². The highest BCUT2D eigenvalue weighted by molar-refractivity contribution is 7.81. The number of halogens is 1. The molecule has 1 aliphatic heterocycles. The van der Waals surface area contributed by atoms with Gasteiger partial charge in [-0.25, -0.2) is 0 Å². The average Bonchev–Trinajstić information content (AvgIpc) is 3.16. The number of anilines is 1. The maximum absolute atomic E-state index is 7.07. The van der Waals surface area contributed by atoms with Crippen LogP contribution in [0.1, 0.15) is 51.2 Å². The molecule has 0 saturated heterocycles. The lowest BCUT2D eigenvalue weighted by molar-refractivity contribution is 0.640. The fourth-order valence-electron chi connectivity index (χ4n) is 5.82. The van der Waals surface area contributed by atoms with Crippen molar-refractivity contribution in [2.45, 2.75) is 45.4 Å². The number of hydrogen-bond donors (Lipinski definition) is 0. The summed E-state index contributed by atoms with van der Waals surface area (Å²) in [7, 11) is 2.16. The molecule has 0 bridgehead atoms. The van der Waals surface area contributed by atoms with Gasteiger partial charge in [0.1, 0.15) is 0 Å². The number of benzene rings is 2. The van der Waals surface area contributed by atoms with Gasteiger partial charge in [-0.05, 0) is 83.4 Å². The molecule has 0 spiro atoms. The molecular weight excluding hydrogens is 526 g/mol. The third-order valence-corrected chi connectivity index (χ3v) is 8.94. The van der Waals surface area contributed by atoms with E-state index in [-0.39, 0.29) is 5.41 Å². The Labute approximate surface area is 249 Å². The van der Waals surface area contributed by atoms with Crippen molar-refractivity contribution >= 4 is 39.9 Å². The van der Waals surface area contributed by atoms with Crippen LogP contribution < -0.4 is 4.90 Å². The molecule has 3 heteroatoms. The Kier molecular flexibility index (Phi) is 8.40. The first kappa shape index (κ1) is 28.1. The lowest BCUT2D eigenvalue weighted by Crippen LogP contribution is -2.22. The number of allylic oxidation sites excluding steroid dienone is 16. The predicted octanol–water partition coefficient (Wildman–Crippen LogP) is 10.4. The summed E-state index contributed by atoms with van der Waals surface area (Å²) < 4.78 is 0. The van der Waals surface area contributed by atoms with Gasteiger partial charge in [-0.15, -0.1) is 0 Å². The topological polar surface area (TPSA) is 3.24 Å². The van der Waals surface area contributed by atoms with Crippen molar-refractivity contribution in [3.05, 3.63) is 153 Å². The van der Waals surface area contributed by atoms with Gasteiger partial charge in [0.25, 0.3) is 0 Å². The highest BCUT2D eigenvalue weighted by Gasteiger charge is 2.37. The molecule has 0 aromatic heterocycles. The molecule has 2 aromatic carbocycles. The highest BCUT2D eigenvalue weighted by Crippen LogP contribution is 2.47. The van der Waals surface area contributed by atoms with Crippen LogP contribution in [0.15, 0.2) is 142 Å². The maximum Gasteiger partial charge on any atom is 0.0469 e. The maximum atomic E-state index is 7.07. The Morgan fingerprint density at radius 3 is 2.42 bits per heavy atom. The van der Waals surface area contributed by atoms with Gasteiger partial charge in [-0.2, -0.15) is 0 Å². The van der Waals surface area contributed by atoms with Gasteiger partial charge >= 0.3 is 0 Å². The van der Waals surface area contributed by atoms with Gasteiger partial charge in [-0.3, -0.25) is 0 Å². The minimum atomic E-state index is -0.0552. The number of para-hydroxylation sites is 1. The summed E-state index contributed by atoms with van der Waals surface area (Å²) in [5, 5.41) is 0.866. The normalized spacial score (nSPS) is 22.2. The molecule has 2 aliphatic carbocycles. The van der Waals surface area contributed by atoms with Gasteiger partial charge in [0, 0.05) is 33.7 Å². The van der Waals surface area contributed by atoms with Crippen LogP contribution in [-0.4, -0.2) is 11.9 Å². The number of nitrogens with zero attached hydrogens (tertiary/aromatic N) is 1. The molecule has 0 amide bonds. The third-order valence-electron chi connectivity index (χ3n) is 8.10. The van der Waals surface area contributed by atoms with Crippen molar-refractivity contribution in [1.29, 1.82) is 0 Å². The summed E-state index contributed by atoms with van der Waals surface area (Å²) in [5.41, 5.74) is 10.8. The Morgan fingerprint density at radius 1 is 0.950 bits per heavy atom. The minimum Gasteiger partial charge on any atom is -0.347 e. The van der Waals surface area contributed by atoms with Gasteiger partial charge in [-0.1, -0.05) is 129 Å². The number of hydrogen-bond acceptors (Lipinski definition) is 2. The zero-order chi connectivity index (χ0) is 28.3. The van der Waals surface area contributed by atoms with Crippen molar-refractivity contribution in [3.63, 3.8) is 0 Å². The molecule has 0 N–H and O–H groups in total. The molecule has 2 aromatic rings. The number of thiocarbonyl (C=S) groups is 1. The summed E-state index contributed by atoms with van der Waals surface area (Å²) in [6.45, 7) is 6.74. The van der Waals surface area contributed by atoms with Crippen molar-refractivity contribution in [3.8, 4) is 0 Å². The summed E-state index contributed by atoms with van der Waals surface area (Å²) >= 11 is 12.8. The van der Waals surface area contributed by atoms with Crippen molar-refractivity contribution in [2.75, 3.05) is 11.9 Å². The van der Waals surface area contributed by atoms with E-state index >= 15 is 0 Å². The monoisotopic (exact) mass is 561 g/mol. The summed E-state index contributed by atoms with van der Waals surface area (Å²) in [6, 6.07) is 19.1. The molecular formula is C37H36ClNS. The number of likely N-dealkylation sites (N-methyl/N-ethyl adjacent to an activating group) is 1. The van der Waals surface area contributed by atoms with Crippen LogP contribution in [0.5, 0.6) is 0 Å². The number of rotatable bonds is 5. The second-order valence-electron chi connectivity index (χ2n) is 11.1. The zero-order valence-electron chi connectivity index (χ0n) is 23.7. The van der Waals surface area contributed by atoms with Crippen molar-refractivity contribution < 1.29 is 0 Å². The molecule has 3 aliphatic rings. The molecule has 0 unspecified atom stereocenters. The van der Waals surface area contributed by atoms with Crippen LogP contribution in [0.4, 0.5) is 5.69 Å². The molecule has 0 radical (unpaired) electrons. The lowest BCUT2D eigenvalue weighted by Gasteiger charge is -2.24. The van der Waals surface area contributed by atoms with E-state index in [0.717, 1.165) is 40.3 Å². The van der Waals surface area contributed by atoms with Gasteiger partial charge < -0.3 is 4.90 Å². The first-order valence-corrected chi connectivity index (χ1v) is 14.7. The van der Waals surface area contributed by atoms with E-state index < -0.39 is 0 Å². The minimum absolute atomic E-state index is 0.0552. The summed E-state index contributed by atoms with van der Waals surface area (Å²) in [5.74, 6) is 0. The Morgan fingerprint density at radius 2 is 1.68 bits per heavy atom. The standard InChI is InChI=1S/C37H36ClNS/c1-26(27-13-6-5-7-14-27)25-30(31-17-8-11-20-34(31)40)22-21-28-15-12-16-29(36(28)38)23-24-35-37(2,3)32-18-9-10-19-33(32)39(35)4/h5-11,13-14,17-25H,12,15-16H2,1-4H3/b22-21+,26-25+,29-23+,31-30-,35-24+. The predicted molar refractivity (Wildman–Crippen MR) is 178 cm³/mol. The van der Waals surface area contributed by atoms with Crippen LogP contribution in [0.25, 0.3) is 5.57 Å². The van der Waals surface area contributed by atoms with Gasteiger partial charge in [0.2, 0.25) is 0 Å². The van der Waals surface area contributed by atoms with E-state index in [1.54, 1.807) is 0 Å². The van der Waals surface area contributed by atoms with E-state index in [1.165, 1.54) is 39.2 Å². The highest BCUT2D eigenvalue weighted by atomic mass is 35.5. The molecule has 202 valence electrons. The summed E-state index contributed by atoms with van der Waals surface area (Å²) in [6.07, 6.45) is 22.3. The quantitative estimate of drug-likeness (QED) is 0.264. The van der Waals surface area contributed by atoms with Gasteiger partial charge in [0.15, 0.2) is 0 Å². The fraction of sp³-hybridized carbons (Fsp3) is 0.216. The largest absolute Gasteiger partial charge is 0.347 e. The molecule has 0 saturated carbocycles. The SMILES string of the molecule is C\C(=C/C(/C=C/C1=C(Cl)C(=C/C=C2/N(C)c3ccccc3C2(C)C)/CCC1)=C1/C=CC=CC1=S)c1ccccc1.